The van der Waals surface area contributed by atoms with Crippen molar-refractivity contribution < 1.29 is 9.90 Å². The highest BCUT2D eigenvalue weighted by Gasteiger charge is 2.24. The largest absolute Gasteiger partial charge is 0.508 e. The number of carbonyl (C=O) groups excluding carboxylic acids is 1. The highest BCUT2D eigenvalue weighted by atomic mass is 79.9. The normalized spacial score (nSPS) is 16.0. The molecule has 6 heteroatoms. The van der Waals surface area contributed by atoms with Crippen molar-refractivity contribution in [2.24, 2.45) is 11.0 Å². The Labute approximate surface area is 161 Å². The Bertz CT molecular complexity index is 752. The number of phenols is 1. The van der Waals surface area contributed by atoms with Crippen LogP contribution in [0, 0.1) is 5.92 Å². The second-order valence-corrected chi connectivity index (χ2v) is 7.42. The molecule has 0 radical (unpaired) electrons. The second-order valence-electron chi connectivity index (χ2n) is 6.50. The van der Waals surface area contributed by atoms with Gasteiger partial charge in [0.2, 0.25) is 5.91 Å². The van der Waals surface area contributed by atoms with Crippen LogP contribution in [0.15, 0.2) is 58.1 Å². The second kappa shape index (κ2) is 8.96. The van der Waals surface area contributed by atoms with Crippen molar-refractivity contribution in [2.75, 3.05) is 13.1 Å². The molecule has 26 heavy (non-hydrogen) atoms. The van der Waals surface area contributed by atoms with Gasteiger partial charge in [0.05, 0.1) is 6.21 Å². The third-order valence-corrected chi connectivity index (χ3v) is 5.09. The Morgan fingerprint density at radius 2 is 1.81 bits per heavy atom. The first-order valence-electron chi connectivity index (χ1n) is 8.69. The maximum atomic E-state index is 12.3. The molecule has 3 rings (SSSR count). The van der Waals surface area contributed by atoms with E-state index in [1.807, 2.05) is 0 Å². The summed E-state index contributed by atoms with van der Waals surface area (Å²) in [7, 11) is 0. The summed E-state index contributed by atoms with van der Waals surface area (Å²) in [5, 5.41) is 13.3. The van der Waals surface area contributed by atoms with Gasteiger partial charge in [0.1, 0.15) is 5.75 Å². The van der Waals surface area contributed by atoms with E-state index < -0.39 is 0 Å². The van der Waals surface area contributed by atoms with Crippen molar-refractivity contribution in [1.29, 1.82) is 0 Å². The van der Waals surface area contributed by atoms with Crippen LogP contribution in [-0.4, -0.2) is 35.2 Å². The van der Waals surface area contributed by atoms with Gasteiger partial charge in [-0.25, -0.2) is 5.43 Å². The lowest BCUT2D eigenvalue weighted by atomic mass is 9.96. The number of benzene rings is 2. The molecule has 1 amide bonds. The summed E-state index contributed by atoms with van der Waals surface area (Å²) in [4.78, 5) is 14.6. The number of likely N-dealkylation sites (tertiary alicyclic amines) is 1. The molecule has 2 aromatic carbocycles. The number of amides is 1. The molecule has 0 atom stereocenters. The average Bonchev–Trinajstić information content (AvgIpc) is 2.66. The first-order valence-corrected chi connectivity index (χ1v) is 9.48. The highest BCUT2D eigenvalue weighted by molar-refractivity contribution is 9.10. The molecule has 2 aromatic rings. The van der Waals surface area contributed by atoms with Crippen molar-refractivity contribution in [3.8, 4) is 5.75 Å². The van der Waals surface area contributed by atoms with E-state index in [4.69, 9.17) is 0 Å². The molecule has 1 aliphatic rings. The topological polar surface area (TPSA) is 64.9 Å². The Kier molecular flexibility index (Phi) is 6.41. The minimum atomic E-state index is -0.0247. The van der Waals surface area contributed by atoms with Crippen LogP contribution >= 0.6 is 15.9 Å². The zero-order valence-electron chi connectivity index (χ0n) is 14.4. The number of halogens is 1. The maximum absolute atomic E-state index is 12.3. The van der Waals surface area contributed by atoms with E-state index in [9.17, 15) is 9.90 Å². The summed E-state index contributed by atoms with van der Waals surface area (Å²) in [6.45, 7) is 2.74. The maximum Gasteiger partial charge on any atom is 0.243 e. The number of piperidine rings is 1. The Balaban J connectivity index is 1.43. The van der Waals surface area contributed by atoms with E-state index in [1.54, 1.807) is 30.5 Å². The summed E-state index contributed by atoms with van der Waals surface area (Å²) < 4.78 is 1.09. The minimum Gasteiger partial charge on any atom is -0.508 e. The zero-order chi connectivity index (χ0) is 18.4. The van der Waals surface area contributed by atoms with Gasteiger partial charge in [-0.15, -0.1) is 0 Å². The molecule has 0 aromatic heterocycles. The van der Waals surface area contributed by atoms with Crippen LogP contribution in [0.1, 0.15) is 24.0 Å². The van der Waals surface area contributed by atoms with Crippen molar-refractivity contribution in [2.45, 2.75) is 19.4 Å². The molecule has 2 N–H and O–H groups in total. The fraction of sp³-hybridized carbons (Fsp3) is 0.300. The van der Waals surface area contributed by atoms with Crippen molar-refractivity contribution in [3.63, 3.8) is 0 Å². The molecule has 136 valence electrons. The number of hydrogen-bond acceptors (Lipinski definition) is 4. The Morgan fingerprint density at radius 1 is 1.15 bits per heavy atom. The number of carbonyl (C=O) groups is 1. The number of hydrazone groups is 1. The summed E-state index contributed by atoms with van der Waals surface area (Å²) >= 11 is 3.45. The Hall–Kier alpha value is -2.18. The number of phenolic OH excluding ortho intramolecular Hbond substituents is 1. The van der Waals surface area contributed by atoms with Crippen LogP contribution < -0.4 is 5.43 Å². The molecular formula is C20H22BrN3O2. The lowest BCUT2D eigenvalue weighted by molar-refractivity contribution is -0.126. The van der Waals surface area contributed by atoms with Crippen LogP contribution in [0.2, 0.25) is 0 Å². The minimum absolute atomic E-state index is 0.00753. The molecule has 1 aliphatic heterocycles. The van der Waals surface area contributed by atoms with E-state index in [0.29, 0.717) is 0 Å². The first-order chi connectivity index (χ1) is 12.6. The SMILES string of the molecule is O=C(NN=Cc1ccc(O)cc1)C1CCN(Cc2ccc(Br)cc2)CC1. The Morgan fingerprint density at radius 3 is 2.46 bits per heavy atom. The molecular weight excluding hydrogens is 394 g/mol. The van der Waals surface area contributed by atoms with Crippen LogP contribution in [-0.2, 0) is 11.3 Å². The van der Waals surface area contributed by atoms with E-state index >= 15 is 0 Å². The van der Waals surface area contributed by atoms with Gasteiger partial charge in [-0.1, -0.05) is 28.1 Å². The summed E-state index contributed by atoms with van der Waals surface area (Å²) in [6.07, 6.45) is 3.27. The van der Waals surface area contributed by atoms with Gasteiger partial charge < -0.3 is 5.11 Å². The van der Waals surface area contributed by atoms with E-state index in [0.717, 1.165) is 42.5 Å². The smallest absolute Gasteiger partial charge is 0.243 e. The number of nitrogens with one attached hydrogen (secondary N) is 1. The monoisotopic (exact) mass is 415 g/mol. The predicted molar refractivity (Wildman–Crippen MR) is 106 cm³/mol. The summed E-state index contributed by atoms with van der Waals surface area (Å²) in [5.41, 5.74) is 4.74. The van der Waals surface area contributed by atoms with Crippen molar-refractivity contribution in [1.82, 2.24) is 10.3 Å². The van der Waals surface area contributed by atoms with Gasteiger partial charge in [-0.3, -0.25) is 9.69 Å². The number of aromatic hydroxyl groups is 1. The molecule has 0 aliphatic carbocycles. The van der Waals surface area contributed by atoms with Crippen LogP contribution in [0.25, 0.3) is 0 Å². The first kappa shape index (κ1) is 18.6. The average molecular weight is 416 g/mol. The molecule has 0 bridgehead atoms. The molecule has 0 spiro atoms. The van der Waals surface area contributed by atoms with Crippen LogP contribution in [0.4, 0.5) is 0 Å². The van der Waals surface area contributed by atoms with Gasteiger partial charge in [-0.2, -0.15) is 5.10 Å². The standard InChI is InChI=1S/C20H22BrN3O2/c21-18-5-1-16(2-6-18)14-24-11-9-17(10-12-24)20(26)23-22-13-15-3-7-19(25)8-4-15/h1-8,13,17,25H,9-12,14H2,(H,23,26). The molecule has 1 saturated heterocycles. The molecule has 1 heterocycles. The predicted octanol–water partition coefficient (Wildman–Crippen LogP) is 3.52. The lowest BCUT2D eigenvalue weighted by Crippen LogP contribution is -2.39. The van der Waals surface area contributed by atoms with E-state index in [1.165, 1.54) is 5.56 Å². The highest BCUT2D eigenvalue weighted by Crippen LogP contribution is 2.20. The molecule has 5 nitrogen and oxygen atoms in total. The molecule has 1 fully saturated rings. The van der Waals surface area contributed by atoms with Gasteiger partial charge >= 0.3 is 0 Å². The molecule has 0 saturated carbocycles. The number of nitrogens with zero attached hydrogens (tertiary/aromatic N) is 2. The van der Waals surface area contributed by atoms with Gasteiger partial charge in [0.25, 0.3) is 0 Å². The van der Waals surface area contributed by atoms with Gasteiger partial charge in [-0.05, 0) is 73.5 Å². The van der Waals surface area contributed by atoms with Crippen molar-refractivity contribution in [3.05, 3.63) is 64.1 Å². The lowest BCUT2D eigenvalue weighted by Gasteiger charge is -2.30. The van der Waals surface area contributed by atoms with E-state index in [2.05, 4.69) is 55.6 Å². The fourth-order valence-corrected chi connectivity index (χ4v) is 3.29. The third kappa shape index (κ3) is 5.41. The quantitative estimate of drug-likeness (QED) is 0.579. The zero-order valence-corrected chi connectivity index (χ0v) is 16.0. The van der Waals surface area contributed by atoms with Crippen LogP contribution in [0.5, 0.6) is 5.75 Å². The summed E-state index contributed by atoms with van der Waals surface area (Å²) in [5.74, 6) is 0.192. The molecule has 0 unspecified atom stereocenters. The van der Waals surface area contributed by atoms with Gasteiger partial charge in [0, 0.05) is 16.9 Å². The van der Waals surface area contributed by atoms with E-state index in [-0.39, 0.29) is 17.6 Å². The number of rotatable bonds is 5. The summed E-state index contributed by atoms with van der Waals surface area (Å²) in [6, 6.07) is 15.0. The van der Waals surface area contributed by atoms with Crippen molar-refractivity contribution >= 4 is 28.1 Å². The fourth-order valence-electron chi connectivity index (χ4n) is 3.02. The van der Waals surface area contributed by atoms with Gasteiger partial charge in [0.15, 0.2) is 0 Å². The number of hydrogen-bond donors (Lipinski definition) is 2. The van der Waals surface area contributed by atoms with Crippen LogP contribution in [0.3, 0.4) is 0 Å². The third-order valence-electron chi connectivity index (χ3n) is 4.56.